The number of hydrogen-bond acceptors (Lipinski definition) is 2. The highest BCUT2D eigenvalue weighted by Gasteiger charge is 2.38. The fourth-order valence-corrected chi connectivity index (χ4v) is 2.07. The van der Waals surface area contributed by atoms with Crippen molar-refractivity contribution in [2.45, 2.75) is 12.6 Å². The van der Waals surface area contributed by atoms with E-state index in [2.05, 4.69) is 0 Å². The molecule has 0 saturated heterocycles. The summed E-state index contributed by atoms with van der Waals surface area (Å²) < 4.78 is 41.4. The summed E-state index contributed by atoms with van der Waals surface area (Å²) in [5, 5.41) is 3.74. The second kappa shape index (κ2) is 6.03. The van der Waals surface area contributed by atoms with E-state index in [4.69, 9.17) is 4.74 Å². The van der Waals surface area contributed by atoms with Gasteiger partial charge in [0.05, 0.1) is 7.11 Å². The van der Waals surface area contributed by atoms with Gasteiger partial charge in [0.2, 0.25) is 0 Å². The van der Waals surface area contributed by atoms with Gasteiger partial charge in [0.25, 0.3) is 0 Å². The number of rotatable bonds is 4. The van der Waals surface area contributed by atoms with E-state index in [-0.39, 0.29) is 6.54 Å². The molecule has 0 saturated carbocycles. The van der Waals surface area contributed by atoms with Crippen LogP contribution in [0.15, 0.2) is 36.4 Å². The van der Waals surface area contributed by atoms with E-state index in [1.54, 1.807) is 7.11 Å². The van der Waals surface area contributed by atoms with Gasteiger partial charge >= 0.3 is 12.1 Å². The Morgan fingerprint density at radius 1 is 1.24 bits per heavy atom. The van der Waals surface area contributed by atoms with E-state index in [0.29, 0.717) is 12.2 Å². The Morgan fingerprint density at radius 2 is 2.00 bits per heavy atom. The average Bonchev–Trinajstić information content (AvgIpc) is 2.45. The Balaban J connectivity index is 2.13. The number of fused-ring (bicyclic) bond motifs is 1. The first-order chi connectivity index (χ1) is 9.91. The quantitative estimate of drug-likeness (QED) is 0.942. The lowest BCUT2D eigenvalue weighted by atomic mass is 10.0. The van der Waals surface area contributed by atoms with Crippen LogP contribution in [0.25, 0.3) is 10.8 Å². The molecule has 2 rings (SSSR count). The van der Waals surface area contributed by atoms with Crippen molar-refractivity contribution < 1.29 is 22.7 Å². The van der Waals surface area contributed by atoms with Crippen LogP contribution < -0.4 is 10.1 Å². The second-order valence-corrected chi connectivity index (χ2v) is 4.51. The Labute approximate surface area is 119 Å². The lowest BCUT2D eigenvalue weighted by Crippen LogP contribution is -2.37. The molecule has 0 atom stereocenters. The maximum Gasteiger partial charge on any atom is 0.471 e. The van der Waals surface area contributed by atoms with Crippen molar-refractivity contribution in [2.24, 2.45) is 0 Å². The van der Waals surface area contributed by atoms with Crippen LogP contribution in [0.5, 0.6) is 5.75 Å². The fourth-order valence-electron chi connectivity index (χ4n) is 2.07. The molecule has 0 aliphatic carbocycles. The Hall–Kier alpha value is -2.24. The Kier molecular flexibility index (Phi) is 4.35. The van der Waals surface area contributed by atoms with Crippen molar-refractivity contribution in [3.63, 3.8) is 0 Å². The number of methoxy groups -OCH3 is 1. The van der Waals surface area contributed by atoms with Gasteiger partial charge in [-0.3, -0.25) is 4.79 Å². The van der Waals surface area contributed by atoms with E-state index in [9.17, 15) is 18.0 Å². The van der Waals surface area contributed by atoms with Crippen molar-refractivity contribution in [1.29, 1.82) is 0 Å². The number of benzene rings is 2. The first kappa shape index (κ1) is 15.2. The summed E-state index contributed by atoms with van der Waals surface area (Å²) >= 11 is 0. The maximum atomic E-state index is 12.1. The van der Waals surface area contributed by atoms with Crippen LogP contribution in [0.2, 0.25) is 0 Å². The van der Waals surface area contributed by atoms with E-state index < -0.39 is 12.1 Å². The van der Waals surface area contributed by atoms with Gasteiger partial charge < -0.3 is 10.1 Å². The smallest absolute Gasteiger partial charge is 0.471 e. The van der Waals surface area contributed by atoms with Gasteiger partial charge in [-0.2, -0.15) is 13.2 Å². The largest absolute Gasteiger partial charge is 0.497 e. The zero-order chi connectivity index (χ0) is 15.5. The van der Waals surface area contributed by atoms with E-state index in [1.807, 2.05) is 41.7 Å². The lowest BCUT2D eigenvalue weighted by molar-refractivity contribution is -0.173. The molecule has 6 heteroatoms. The fraction of sp³-hybridized carbons (Fsp3) is 0.267. The molecule has 0 aliphatic heterocycles. The van der Waals surface area contributed by atoms with E-state index in [0.717, 1.165) is 16.3 Å². The van der Waals surface area contributed by atoms with Crippen LogP contribution in [0.1, 0.15) is 5.56 Å². The number of hydrogen-bond donors (Lipinski definition) is 1. The molecule has 0 unspecified atom stereocenters. The third-order valence-corrected chi connectivity index (χ3v) is 3.12. The molecular formula is C15H14F3NO2. The minimum atomic E-state index is -4.85. The zero-order valence-corrected chi connectivity index (χ0v) is 11.3. The molecule has 0 heterocycles. The van der Waals surface area contributed by atoms with Gasteiger partial charge in [0.1, 0.15) is 5.75 Å². The predicted molar refractivity (Wildman–Crippen MR) is 73.3 cm³/mol. The molecule has 3 nitrogen and oxygen atoms in total. The van der Waals surface area contributed by atoms with Crippen molar-refractivity contribution in [2.75, 3.05) is 13.7 Å². The van der Waals surface area contributed by atoms with Crippen molar-refractivity contribution in [1.82, 2.24) is 5.32 Å². The van der Waals surface area contributed by atoms with E-state index in [1.165, 1.54) is 0 Å². The number of alkyl halides is 3. The summed E-state index contributed by atoms with van der Waals surface area (Å²) in [6, 6.07) is 11.1. The topological polar surface area (TPSA) is 38.3 Å². The third-order valence-electron chi connectivity index (χ3n) is 3.12. The molecule has 1 amide bonds. The number of ether oxygens (including phenoxy) is 1. The van der Waals surface area contributed by atoms with Gasteiger partial charge in [-0.05, 0) is 34.9 Å². The molecule has 21 heavy (non-hydrogen) atoms. The van der Waals surface area contributed by atoms with Crippen molar-refractivity contribution >= 4 is 16.7 Å². The van der Waals surface area contributed by atoms with Gasteiger partial charge in [0, 0.05) is 6.54 Å². The second-order valence-electron chi connectivity index (χ2n) is 4.51. The monoisotopic (exact) mass is 297 g/mol. The SMILES string of the molecule is COc1ccc2cccc(CCNC(=O)C(F)(F)F)c2c1. The molecule has 0 fully saturated rings. The zero-order valence-electron chi connectivity index (χ0n) is 11.3. The number of carbonyl (C=O) groups excluding carboxylic acids is 1. The highest BCUT2D eigenvalue weighted by Crippen LogP contribution is 2.24. The van der Waals surface area contributed by atoms with Crippen LogP contribution in [0, 0.1) is 0 Å². The lowest BCUT2D eigenvalue weighted by Gasteiger charge is -2.10. The Bertz CT molecular complexity index is 653. The maximum absolute atomic E-state index is 12.1. The Morgan fingerprint density at radius 3 is 2.67 bits per heavy atom. The van der Waals surface area contributed by atoms with Crippen molar-refractivity contribution in [3.8, 4) is 5.75 Å². The van der Waals surface area contributed by atoms with Crippen LogP contribution in [0.3, 0.4) is 0 Å². The van der Waals surface area contributed by atoms with Crippen LogP contribution in [0.4, 0.5) is 13.2 Å². The molecular weight excluding hydrogens is 283 g/mol. The van der Waals surface area contributed by atoms with E-state index >= 15 is 0 Å². The normalized spacial score (nSPS) is 11.4. The van der Waals surface area contributed by atoms with Crippen molar-refractivity contribution in [3.05, 3.63) is 42.0 Å². The van der Waals surface area contributed by atoms with Crippen LogP contribution >= 0.6 is 0 Å². The molecule has 0 radical (unpaired) electrons. The summed E-state index contributed by atoms with van der Waals surface area (Å²) in [6.45, 7) is -0.0747. The summed E-state index contributed by atoms with van der Waals surface area (Å²) in [5.74, 6) is -1.24. The standard InChI is InChI=1S/C15H14F3NO2/c1-21-12-6-5-10-3-2-4-11(13(10)9-12)7-8-19-14(20)15(16,17)18/h2-6,9H,7-8H2,1H3,(H,19,20). The minimum absolute atomic E-state index is 0.0747. The summed E-state index contributed by atoms with van der Waals surface area (Å²) in [5.41, 5.74) is 0.855. The molecule has 2 aromatic carbocycles. The molecule has 112 valence electrons. The molecule has 1 N–H and O–H groups in total. The van der Waals surface area contributed by atoms with Gasteiger partial charge in [0.15, 0.2) is 0 Å². The highest BCUT2D eigenvalue weighted by molar-refractivity contribution is 5.87. The van der Waals surface area contributed by atoms with Gasteiger partial charge in [-0.1, -0.05) is 24.3 Å². The molecule has 0 aliphatic rings. The number of amides is 1. The molecule has 2 aromatic rings. The minimum Gasteiger partial charge on any atom is -0.497 e. The van der Waals surface area contributed by atoms with Gasteiger partial charge in [-0.25, -0.2) is 0 Å². The van der Waals surface area contributed by atoms with Crippen LogP contribution in [-0.2, 0) is 11.2 Å². The highest BCUT2D eigenvalue weighted by atomic mass is 19.4. The van der Waals surface area contributed by atoms with Gasteiger partial charge in [-0.15, -0.1) is 0 Å². The van der Waals surface area contributed by atoms with Crippen LogP contribution in [-0.4, -0.2) is 25.7 Å². The molecule has 0 spiro atoms. The summed E-state index contributed by atoms with van der Waals surface area (Å²) in [4.78, 5) is 10.8. The molecule has 0 bridgehead atoms. The first-order valence-corrected chi connectivity index (χ1v) is 6.32. The first-order valence-electron chi connectivity index (χ1n) is 6.32. The number of halogens is 3. The number of carbonyl (C=O) groups is 1. The summed E-state index contributed by atoms with van der Waals surface area (Å²) in [6.07, 6.45) is -4.53. The molecule has 0 aromatic heterocycles. The summed E-state index contributed by atoms with van der Waals surface area (Å²) in [7, 11) is 1.55. The number of nitrogens with one attached hydrogen (secondary N) is 1. The predicted octanol–water partition coefficient (Wildman–Crippen LogP) is 3.07. The third kappa shape index (κ3) is 3.65. The average molecular weight is 297 g/mol.